The van der Waals surface area contributed by atoms with Gasteiger partial charge in [-0.25, -0.2) is 4.98 Å². The van der Waals surface area contributed by atoms with Crippen molar-refractivity contribution in [1.82, 2.24) is 14.9 Å². The normalized spacial score (nSPS) is 12.5. The summed E-state index contributed by atoms with van der Waals surface area (Å²) in [6.45, 7) is 5.46. The van der Waals surface area contributed by atoms with Gasteiger partial charge in [-0.05, 0) is 19.5 Å². The van der Waals surface area contributed by atoms with E-state index in [1.165, 1.54) is 6.07 Å². The molecule has 0 bridgehead atoms. The highest BCUT2D eigenvalue weighted by Crippen LogP contribution is 2.26. The predicted molar refractivity (Wildman–Crippen MR) is 68.8 cm³/mol. The van der Waals surface area contributed by atoms with Crippen molar-refractivity contribution in [1.29, 1.82) is 0 Å². The first-order valence-corrected chi connectivity index (χ1v) is 6.15. The molecule has 2 heterocycles. The molecule has 7 heteroatoms. The van der Waals surface area contributed by atoms with Gasteiger partial charge in [0.15, 0.2) is 0 Å². The Kier molecular flexibility index (Phi) is 3.96. The highest BCUT2D eigenvalue weighted by Gasteiger charge is 2.23. The average molecular weight is 264 g/mol. The molecular weight excluding hydrogens is 248 g/mol. The lowest BCUT2D eigenvalue weighted by Gasteiger charge is -2.16. The molecule has 2 aromatic rings. The predicted octanol–water partition coefficient (Wildman–Crippen LogP) is 2.10. The number of furan rings is 1. The van der Waals surface area contributed by atoms with E-state index < -0.39 is 4.92 Å². The molecule has 1 N–H and O–H groups in total. The molecule has 0 saturated carbocycles. The fourth-order valence-corrected chi connectivity index (χ4v) is 1.97. The van der Waals surface area contributed by atoms with Crippen LogP contribution in [0.15, 0.2) is 28.9 Å². The molecule has 7 nitrogen and oxygen atoms in total. The van der Waals surface area contributed by atoms with Crippen molar-refractivity contribution in [2.75, 3.05) is 6.54 Å². The average Bonchev–Trinajstić information content (AvgIpc) is 3.04. The molecule has 0 aromatic carbocycles. The summed E-state index contributed by atoms with van der Waals surface area (Å²) in [5.41, 5.74) is 0. The molecule has 102 valence electrons. The molecule has 0 fully saturated rings. The largest absolute Gasteiger partial charge is 0.433 e. The second-order valence-corrected chi connectivity index (χ2v) is 4.00. The van der Waals surface area contributed by atoms with E-state index in [1.54, 1.807) is 12.3 Å². The molecule has 19 heavy (non-hydrogen) atoms. The zero-order valence-electron chi connectivity index (χ0n) is 10.9. The molecule has 0 radical (unpaired) electrons. The zero-order chi connectivity index (χ0) is 13.8. The first-order valence-electron chi connectivity index (χ1n) is 6.15. The van der Waals surface area contributed by atoms with Crippen LogP contribution < -0.4 is 5.32 Å². The van der Waals surface area contributed by atoms with Gasteiger partial charge in [-0.15, -0.1) is 0 Å². The number of aromatic nitrogens is 2. The van der Waals surface area contributed by atoms with Crippen LogP contribution in [0.2, 0.25) is 0 Å². The third-order valence-corrected chi connectivity index (χ3v) is 2.83. The van der Waals surface area contributed by atoms with Crippen molar-refractivity contribution in [3.8, 4) is 0 Å². The van der Waals surface area contributed by atoms with Crippen molar-refractivity contribution < 1.29 is 9.34 Å². The van der Waals surface area contributed by atoms with Crippen LogP contribution in [0.4, 0.5) is 5.88 Å². The van der Waals surface area contributed by atoms with E-state index in [0.717, 1.165) is 12.4 Å². The zero-order valence-corrected chi connectivity index (χ0v) is 10.9. The minimum absolute atomic E-state index is 0.257. The fraction of sp³-hybridized carbons (Fsp3) is 0.417. The molecule has 2 rings (SSSR count). The molecule has 0 aliphatic carbocycles. The molecule has 0 saturated heterocycles. The number of nitrogens with one attached hydrogen (secondary N) is 1. The van der Waals surface area contributed by atoms with Gasteiger partial charge in [0.05, 0.1) is 6.07 Å². The van der Waals surface area contributed by atoms with E-state index in [9.17, 15) is 10.1 Å². The lowest BCUT2D eigenvalue weighted by atomic mass is 10.2. The van der Waals surface area contributed by atoms with Crippen molar-refractivity contribution in [2.24, 2.45) is 0 Å². The first-order chi connectivity index (χ1) is 9.17. The van der Waals surface area contributed by atoms with Crippen molar-refractivity contribution in [3.05, 3.63) is 46.2 Å². The highest BCUT2D eigenvalue weighted by atomic mass is 16.6. The summed E-state index contributed by atoms with van der Waals surface area (Å²) in [7, 11) is 0. The molecule has 0 spiro atoms. The van der Waals surface area contributed by atoms with Gasteiger partial charge < -0.3 is 14.3 Å². The van der Waals surface area contributed by atoms with Crippen LogP contribution in [-0.2, 0) is 6.54 Å². The molecule has 0 amide bonds. The summed E-state index contributed by atoms with van der Waals surface area (Å²) in [6, 6.07) is 2.69. The molecule has 0 aliphatic rings. The second-order valence-electron chi connectivity index (χ2n) is 4.00. The van der Waals surface area contributed by atoms with E-state index in [2.05, 4.69) is 10.3 Å². The minimum Gasteiger partial charge on any atom is -0.404 e. The third-order valence-electron chi connectivity index (χ3n) is 2.83. The molecule has 1 atom stereocenters. The summed E-state index contributed by atoms with van der Waals surface area (Å²) in [6.07, 6.45) is 3.58. The maximum absolute atomic E-state index is 10.7. The van der Waals surface area contributed by atoms with Crippen molar-refractivity contribution >= 4 is 5.88 Å². The van der Waals surface area contributed by atoms with Crippen LogP contribution in [0, 0.1) is 10.1 Å². The summed E-state index contributed by atoms with van der Waals surface area (Å²) in [4.78, 5) is 14.4. The van der Waals surface area contributed by atoms with Crippen LogP contribution >= 0.6 is 0 Å². The topological polar surface area (TPSA) is 86.1 Å². The molecule has 0 aliphatic heterocycles. The van der Waals surface area contributed by atoms with Gasteiger partial charge in [0.2, 0.25) is 0 Å². The lowest BCUT2D eigenvalue weighted by molar-refractivity contribution is -0.402. The Morgan fingerprint density at radius 1 is 1.53 bits per heavy atom. The van der Waals surface area contributed by atoms with Crippen LogP contribution in [0.1, 0.15) is 31.5 Å². The SMILES string of the molecule is CCNC(c1ccc([N+](=O)[O-])o1)c1nccn1CC. The maximum atomic E-state index is 10.7. The van der Waals surface area contributed by atoms with Crippen LogP contribution in [0.25, 0.3) is 0 Å². The Morgan fingerprint density at radius 2 is 2.32 bits per heavy atom. The van der Waals surface area contributed by atoms with Crippen LogP contribution in [-0.4, -0.2) is 21.0 Å². The fourth-order valence-electron chi connectivity index (χ4n) is 1.97. The third kappa shape index (κ3) is 2.65. The lowest BCUT2D eigenvalue weighted by Crippen LogP contribution is -2.24. The number of nitro groups is 1. The van der Waals surface area contributed by atoms with E-state index in [0.29, 0.717) is 12.3 Å². The van der Waals surface area contributed by atoms with Crippen molar-refractivity contribution in [3.63, 3.8) is 0 Å². The molecule has 2 aromatic heterocycles. The van der Waals surface area contributed by atoms with E-state index >= 15 is 0 Å². The van der Waals surface area contributed by atoms with Gasteiger partial charge in [0, 0.05) is 18.9 Å². The Bertz CT molecular complexity index is 561. The number of aryl methyl sites for hydroxylation is 1. The van der Waals surface area contributed by atoms with Gasteiger partial charge in [0.25, 0.3) is 0 Å². The van der Waals surface area contributed by atoms with Gasteiger partial charge >= 0.3 is 5.88 Å². The van der Waals surface area contributed by atoms with Gasteiger partial charge in [-0.2, -0.15) is 0 Å². The Balaban J connectivity index is 2.36. The highest BCUT2D eigenvalue weighted by molar-refractivity contribution is 5.24. The number of nitrogens with zero attached hydrogens (tertiary/aromatic N) is 3. The number of hydrogen-bond donors (Lipinski definition) is 1. The van der Waals surface area contributed by atoms with Crippen LogP contribution in [0.3, 0.4) is 0 Å². The quantitative estimate of drug-likeness (QED) is 0.637. The summed E-state index contributed by atoms with van der Waals surface area (Å²) in [5, 5.41) is 13.9. The minimum atomic E-state index is -0.543. The standard InChI is InChI=1S/C12H16N4O3/c1-3-13-11(12-14-7-8-15(12)4-2)9-5-6-10(19-9)16(17)18/h5-8,11,13H,3-4H2,1-2H3. The summed E-state index contributed by atoms with van der Waals surface area (Å²) >= 11 is 0. The van der Waals surface area contributed by atoms with Gasteiger partial charge in [0.1, 0.15) is 22.5 Å². The Morgan fingerprint density at radius 3 is 2.89 bits per heavy atom. The number of imidazole rings is 1. The van der Waals surface area contributed by atoms with Crippen LogP contribution in [0.5, 0.6) is 0 Å². The van der Waals surface area contributed by atoms with Crippen molar-refractivity contribution in [2.45, 2.75) is 26.4 Å². The Hall–Kier alpha value is -2.15. The van der Waals surface area contributed by atoms with Gasteiger partial charge in [-0.3, -0.25) is 10.1 Å². The number of rotatable bonds is 6. The molecular formula is C12H16N4O3. The smallest absolute Gasteiger partial charge is 0.404 e. The van der Waals surface area contributed by atoms with E-state index in [1.807, 2.05) is 24.6 Å². The summed E-state index contributed by atoms with van der Waals surface area (Å²) < 4.78 is 7.24. The summed E-state index contributed by atoms with van der Waals surface area (Å²) in [5.74, 6) is 1.02. The molecule has 1 unspecified atom stereocenters. The second kappa shape index (κ2) is 5.66. The van der Waals surface area contributed by atoms with Gasteiger partial charge in [-0.1, -0.05) is 6.92 Å². The first kappa shape index (κ1) is 13.3. The monoisotopic (exact) mass is 264 g/mol. The number of hydrogen-bond acceptors (Lipinski definition) is 5. The Labute approximate surface area is 110 Å². The van der Waals surface area contributed by atoms with E-state index in [4.69, 9.17) is 4.42 Å². The maximum Gasteiger partial charge on any atom is 0.433 e. The van der Waals surface area contributed by atoms with E-state index in [-0.39, 0.29) is 11.9 Å².